The number of aromatic nitrogens is 2. The molecule has 0 radical (unpaired) electrons. The second-order valence-corrected chi connectivity index (χ2v) is 6.41. The molecule has 1 heterocycles. The number of methoxy groups -OCH3 is 2. The predicted molar refractivity (Wildman–Crippen MR) is 113 cm³/mol. The number of rotatable bonds is 7. The summed E-state index contributed by atoms with van der Waals surface area (Å²) in [5, 5.41) is 11.1. The maximum absolute atomic E-state index is 12.3. The lowest BCUT2D eigenvalue weighted by atomic mass is 10.1. The maximum Gasteiger partial charge on any atom is 0.271 e. The van der Waals surface area contributed by atoms with Crippen LogP contribution >= 0.6 is 0 Å². The van der Waals surface area contributed by atoms with E-state index in [4.69, 9.17) is 9.47 Å². The Morgan fingerprint density at radius 2 is 1.90 bits per heavy atom. The first-order valence-corrected chi connectivity index (χ1v) is 8.90. The molecule has 1 aromatic heterocycles. The molecule has 0 saturated carbocycles. The molecular formula is C21H23N5O3. The first kappa shape index (κ1) is 19.9. The van der Waals surface area contributed by atoms with Gasteiger partial charge in [0, 0.05) is 36.5 Å². The van der Waals surface area contributed by atoms with Crippen LogP contribution in [0.3, 0.4) is 0 Å². The van der Waals surface area contributed by atoms with Crippen LogP contribution in [-0.2, 0) is 0 Å². The molecule has 3 aromatic rings. The third-order valence-corrected chi connectivity index (χ3v) is 4.36. The molecule has 1 amide bonds. The number of nitrogens with zero attached hydrogens (tertiary/aromatic N) is 3. The lowest BCUT2D eigenvalue weighted by Crippen LogP contribution is -2.18. The van der Waals surface area contributed by atoms with Gasteiger partial charge in [0.25, 0.3) is 5.91 Å². The number of H-pyrrole nitrogens is 1. The summed E-state index contributed by atoms with van der Waals surface area (Å²) in [4.78, 5) is 14.3. The van der Waals surface area contributed by atoms with Gasteiger partial charge in [-0.05, 0) is 42.5 Å². The third kappa shape index (κ3) is 4.55. The molecule has 0 bridgehead atoms. The van der Waals surface area contributed by atoms with Crippen molar-refractivity contribution in [3.63, 3.8) is 0 Å². The summed E-state index contributed by atoms with van der Waals surface area (Å²) >= 11 is 0. The van der Waals surface area contributed by atoms with Crippen molar-refractivity contribution in [3.05, 3.63) is 59.8 Å². The topological polar surface area (TPSA) is 91.8 Å². The van der Waals surface area contributed by atoms with Crippen LogP contribution in [0.2, 0.25) is 0 Å². The highest BCUT2D eigenvalue weighted by Crippen LogP contribution is 2.33. The van der Waals surface area contributed by atoms with Crippen LogP contribution in [0.25, 0.3) is 11.3 Å². The van der Waals surface area contributed by atoms with Crippen LogP contribution in [0.4, 0.5) is 5.69 Å². The fourth-order valence-electron chi connectivity index (χ4n) is 2.75. The maximum atomic E-state index is 12.3. The Bertz CT molecular complexity index is 1010. The number of hydrogen-bond acceptors (Lipinski definition) is 6. The van der Waals surface area contributed by atoms with E-state index in [1.54, 1.807) is 32.5 Å². The molecule has 8 heteroatoms. The Labute approximate surface area is 169 Å². The first-order valence-electron chi connectivity index (χ1n) is 8.90. The van der Waals surface area contributed by atoms with Gasteiger partial charge in [0.1, 0.15) is 11.5 Å². The molecule has 2 aromatic carbocycles. The normalized spacial score (nSPS) is 10.8. The standard InChI is InChI=1S/C21H23N5O3/c1-26(2)16-7-5-14(6-8-16)21(27)25-23-13-15-12-22-24-20(15)18-11-17(28-3)9-10-19(18)29-4/h5-13H,1-4H3,(H,22,24)(H,25,27)/b23-13+. The Balaban J connectivity index is 1.76. The van der Waals surface area contributed by atoms with Gasteiger partial charge in [0.15, 0.2) is 0 Å². The zero-order valence-corrected chi connectivity index (χ0v) is 16.8. The summed E-state index contributed by atoms with van der Waals surface area (Å²) in [6.07, 6.45) is 3.15. The summed E-state index contributed by atoms with van der Waals surface area (Å²) in [5.41, 5.74) is 6.24. The molecule has 0 aliphatic carbocycles. The van der Waals surface area contributed by atoms with E-state index >= 15 is 0 Å². The van der Waals surface area contributed by atoms with Crippen molar-refractivity contribution in [2.45, 2.75) is 0 Å². The number of hydrazone groups is 1. The minimum absolute atomic E-state index is 0.296. The van der Waals surface area contributed by atoms with E-state index < -0.39 is 0 Å². The third-order valence-electron chi connectivity index (χ3n) is 4.36. The van der Waals surface area contributed by atoms with Crippen LogP contribution in [0.15, 0.2) is 53.8 Å². The average molecular weight is 393 g/mol. The summed E-state index contributed by atoms with van der Waals surface area (Å²) in [6, 6.07) is 12.7. The van der Waals surface area contributed by atoms with Crippen molar-refractivity contribution in [1.82, 2.24) is 15.6 Å². The molecule has 0 unspecified atom stereocenters. The van der Waals surface area contributed by atoms with Crippen LogP contribution < -0.4 is 19.8 Å². The summed E-state index contributed by atoms with van der Waals surface area (Å²) in [7, 11) is 7.08. The molecule has 3 rings (SSSR count). The van der Waals surface area contributed by atoms with Crippen LogP contribution in [0, 0.1) is 0 Å². The first-order chi connectivity index (χ1) is 14.0. The number of nitrogens with one attached hydrogen (secondary N) is 2. The molecule has 0 atom stereocenters. The molecule has 0 spiro atoms. The van der Waals surface area contributed by atoms with E-state index in [2.05, 4.69) is 20.7 Å². The number of ether oxygens (including phenoxy) is 2. The lowest BCUT2D eigenvalue weighted by Gasteiger charge is -2.12. The van der Waals surface area contributed by atoms with Crippen molar-refractivity contribution in [2.75, 3.05) is 33.2 Å². The van der Waals surface area contributed by atoms with Crippen molar-refractivity contribution in [2.24, 2.45) is 5.10 Å². The fourth-order valence-corrected chi connectivity index (χ4v) is 2.75. The molecule has 0 saturated heterocycles. The van der Waals surface area contributed by atoms with Gasteiger partial charge in [-0.2, -0.15) is 10.2 Å². The van der Waals surface area contributed by atoms with Gasteiger partial charge in [-0.1, -0.05) is 0 Å². The quantitative estimate of drug-likeness (QED) is 0.476. The molecule has 0 aliphatic heterocycles. The molecule has 2 N–H and O–H groups in total. The monoisotopic (exact) mass is 393 g/mol. The predicted octanol–water partition coefficient (Wildman–Crippen LogP) is 2.92. The van der Waals surface area contributed by atoms with Gasteiger partial charge in [-0.15, -0.1) is 0 Å². The van der Waals surface area contributed by atoms with E-state index in [1.807, 2.05) is 49.3 Å². The number of carbonyl (C=O) groups excluding carboxylic acids is 1. The van der Waals surface area contributed by atoms with Crippen LogP contribution in [0.1, 0.15) is 15.9 Å². The van der Waals surface area contributed by atoms with E-state index in [-0.39, 0.29) is 5.91 Å². The fraction of sp³-hybridized carbons (Fsp3) is 0.190. The second-order valence-electron chi connectivity index (χ2n) is 6.41. The minimum atomic E-state index is -0.296. The SMILES string of the molecule is COc1ccc(OC)c(-c2[nH]ncc2/C=N/NC(=O)c2ccc(N(C)C)cc2)c1. The second kappa shape index (κ2) is 8.92. The van der Waals surface area contributed by atoms with Gasteiger partial charge >= 0.3 is 0 Å². The minimum Gasteiger partial charge on any atom is -0.497 e. The number of anilines is 1. The number of carbonyl (C=O) groups is 1. The summed E-state index contributed by atoms with van der Waals surface area (Å²) in [5.74, 6) is 1.05. The van der Waals surface area contributed by atoms with E-state index in [0.29, 0.717) is 28.3 Å². The van der Waals surface area contributed by atoms with E-state index in [1.165, 1.54) is 6.21 Å². The van der Waals surface area contributed by atoms with Gasteiger partial charge in [0.2, 0.25) is 0 Å². The van der Waals surface area contributed by atoms with Crippen LogP contribution in [-0.4, -0.2) is 50.6 Å². The van der Waals surface area contributed by atoms with Crippen molar-refractivity contribution in [3.8, 4) is 22.8 Å². The lowest BCUT2D eigenvalue weighted by molar-refractivity contribution is 0.0955. The summed E-state index contributed by atoms with van der Waals surface area (Å²) < 4.78 is 10.7. The van der Waals surface area contributed by atoms with Crippen molar-refractivity contribution in [1.29, 1.82) is 0 Å². The van der Waals surface area contributed by atoms with E-state index in [0.717, 1.165) is 11.3 Å². The Kier molecular flexibility index (Phi) is 6.13. The van der Waals surface area contributed by atoms with Gasteiger partial charge in [0.05, 0.1) is 32.3 Å². The zero-order valence-electron chi connectivity index (χ0n) is 16.8. The molecule has 0 fully saturated rings. The average Bonchev–Trinajstić information content (AvgIpc) is 3.21. The number of amides is 1. The number of benzene rings is 2. The Morgan fingerprint density at radius 3 is 2.55 bits per heavy atom. The molecule has 0 aliphatic rings. The number of hydrogen-bond donors (Lipinski definition) is 2. The highest BCUT2D eigenvalue weighted by atomic mass is 16.5. The van der Waals surface area contributed by atoms with E-state index in [9.17, 15) is 4.79 Å². The Morgan fingerprint density at radius 1 is 1.14 bits per heavy atom. The van der Waals surface area contributed by atoms with Gasteiger partial charge < -0.3 is 14.4 Å². The molecule has 29 heavy (non-hydrogen) atoms. The van der Waals surface area contributed by atoms with Crippen molar-refractivity contribution >= 4 is 17.8 Å². The van der Waals surface area contributed by atoms with Gasteiger partial charge in [-0.3, -0.25) is 9.89 Å². The van der Waals surface area contributed by atoms with Gasteiger partial charge in [-0.25, -0.2) is 5.43 Å². The summed E-state index contributed by atoms with van der Waals surface area (Å²) in [6.45, 7) is 0. The van der Waals surface area contributed by atoms with Crippen molar-refractivity contribution < 1.29 is 14.3 Å². The molecule has 150 valence electrons. The molecule has 8 nitrogen and oxygen atoms in total. The number of aromatic amines is 1. The highest BCUT2D eigenvalue weighted by molar-refractivity contribution is 5.96. The smallest absolute Gasteiger partial charge is 0.271 e. The molecular weight excluding hydrogens is 370 g/mol. The van der Waals surface area contributed by atoms with Crippen LogP contribution in [0.5, 0.6) is 11.5 Å². The largest absolute Gasteiger partial charge is 0.497 e. The zero-order chi connectivity index (χ0) is 20.8. The Hall–Kier alpha value is -3.81. The highest BCUT2D eigenvalue weighted by Gasteiger charge is 2.13.